The number of ketones is 1. The number of carbonyl (C=O) groups is 1. The Balaban J connectivity index is 1.74. The highest BCUT2D eigenvalue weighted by Crippen LogP contribution is 2.58. The van der Waals surface area contributed by atoms with Gasteiger partial charge in [0.2, 0.25) is 0 Å². The molecule has 1 saturated carbocycles. The van der Waals surface area contributed by atoms with Crippen molar-refractivity contribution in [1.82, 2.24) is 0 Å². The van der Waals surface area contributed by atoms with E-state index in [2.05, 4.69) is 43.3 Å². The molecule has 2 atom stereocenters. The van der Waals surface area contributed by atoms with E-state index in [0.717, 1.165) is 25.7 Å². The molecule has 0 aliphatic heterocycles. The Labute approximate surface area is 143 Å². The van der Waals surface area contributed by atoms with E-state index in [1.54, 1.807) is 5.57 Å². The van der Waals surface area contributed by atoms with Crippen molar-refractivity contribution in [1.29, 1.82) is 0 Å². The Hall–Kier alpha value is -1.89. The zero-order valence-corrected chi connectivity index (χ0v) is 14.4. The van der Waals surface area contributed by atoms with Crippen LogP contribution in [0.15, 0.2) is 42.0 Å². The summed E-state index contributed by atoms with van der Waals surface area (Å²) in [7, 11) is 0. The van der Waals surface area contributed by atoms with Gasteiger partial charge < -0.3 is 0 Å². The Morgan fingerprint density at radius 1 is 1.21 bits per heavy atom. The molecule has 0 saturated heterocycles. The van der Waals surface area contributed by atoms with Crippen LogP contribution in [0, 0.1) is 5.92 Å². The van der Waals surface area contributed by atoms with Gasteiger partial charge in [0.1, 0.15) is 5.78 Å². The van der Waals surface area contributed by atoms with E-state index in [4.69, 9.17) is 0 Å². The van der Waals surface area contributed by atoms with E-state index in [9.17, 15) is 4.79 Å². The second-order valence-corrected chi connectivity index (χ2v) is 8.12. The number of aryl methyl sites for hydroxylation is 1. The minimum atomic E-state index is 0.115. The van der Waals surface area contributed by atoms with Crippen LogP contribution in [-0.4, -0.2) is 5.78 Å². The molecular formula is C23H24O. The lowest BCUT2D eigenvalue weighted by Gasteiger charge is -2.41. The molecule has 24 heavy (non-hydrogen) atoms. The first-order valence-electron chi connectivity index (χ1n) is 9.44. The zero-order chi connectivity index (χ0) is 16.3. The summed E-state index contributed by atoms with van der Waals surface area (Å²) >= 11 is 0. The van der Waals surface area contributed by atoms with E-state index >= 15 is 0 Å². The van der Waals surface area contributed by atoms with E-state index in [-0.39, 0.29) is 5.41 Å². The number of fused-ring (bicyclic) bond motifs is 6. The summed E-state index contributed by atoms with van der Waals surface area (Å²) in [5.74, 6) is 1.11. The summed E-state index contributed by atoms with van der Waals surface area (Å²) in [6.07, 6.45) is 9.63. The van der Waals surface area contributed by atoms with Crippen LogP contribution < -0.4 is 0 Å². The van der Waals surface area contributed by atoms with E-state index < -0.39 is 0 Å². The van der Waals surface area contributed by atoms with E-state index in [1.165, 1.54) is 40.3 Å². The zero-order valence-electron chi connectivity index (χ0n) is 14.4. The van der Waals surface area contributed by atoms with Crippen molar-refractivity contribution < 1.29 is 4.79 Å². The molecular weight excluding hydrogens is 292 g/mol. The molecule has 2 bridgehead atoms. The van der Waals surface area contributed by atoms with Crippen molar-refractivity contribution in [3.63, 3.8) is 0 Å². The van der Waals surface area contributed by atoms with Crippen LogP contribution in [0.3, 0.4) is 0 Å². The predicted octanol–water partition coefficient (Wildman–Crippen LogP) is 5.29. The molecule has 2 aromatic carbocycles. The molecule has 1 fully saturated rings. The highest BCUT2D eigenvalue weighted by molar-refractivity contribution is 5.92. The van der Waals surface area contributed by atoms with Crippen LogP contribution in [0.1, 0.15) is 55.7 Å². The van der Waals surface area contributed by atoms with Gasteiger partial charge in [-0.3, -0.25) is 4.79 Å². The van der Waals surface area contributed by atoms with Gasteiger partial charge in [-0.25, -0.2) is 0 Å². The molecule has 2 unspecified atom stereocenters. The summed E-state index contributed by atoms with van der Waals surface area (Å²) < 4.78 is 0. The number of carbonyl (C=O) groups excluding carboxylic acids is 1. The van der Waals surface area contributed by atoms with Gasteiger partial charge in [0.15, 0.2) is 0 Å². The Morgan fingerprint density at radius 2 is 2.12 bits per heavy atom. The van der Waals surface area contributed by atoms with Gasteiger partial charge >= 0.3 is 0 Å². The molecule has 1 heteroatoms. The van der Waals surface area contributed by atoms with Gasteiger partial charge in [-0.2, -0.15) is 0 Å². The van der Waals surface area contributed by atoms with Gasteiger partial charge in [-0.15, -0.1) is 0 Å². The van der Waals surface area contributed by atoms with Crippen molar-refractivity contribution in [2.24, 2.45) is 5.92 Å². The fraction of sp³-hybridized carbons (Fsp3) is 0.435. The van der Waals surface area contributed by atoms with Gasteiger partial charge in [0.05, 0.1) is 0 Å². The third-order valence-corrected chi connectivity index (χ3v) is 6.67. The molecule has 122 valence electrons. The summed E-state index contributed by atoms with van der Waals surface area (Å²) in [4.78, 5) is 12.6. The molecule has 1 nitrogen and oxygen atoms in total. The number of hydrogen-bond donors (Lipinski definition) is 0. The highest BCUT2D eigenvalue weighted by atomic mass is 16.1. The summed E-state index contributed by atoms with van der Waals surface area (Å²) in [6.45, 7) is 2.23. The maximum absolute atomic E-state index is 12.6. The van der Waals surface area contributed by atoms with Crippen molar-refractivity contribution in [3.05, 3.63) is 58.7 Å². The van der Waals surface area contributed by atoms with Crippen molar-refractivity contribution in [2.45, 2.75) is 57.3 Å². The maximum Gasteiger partial charge on any atom is 0.138 e. The van der Waals surface area contributed by atoms with Gasteiger partial charge in [-0.05, 0) is 59.1 Å². The third-order valence-electron chi connectivity index (χ3n) is 6.67. The van der Waals surface area contributed by atoms with Gasteiger partial charge in [-0.1, -0.05) is 55.3 Å². The Bertz CT molecular complexity index is 888. The lowest BCUT2D eigenvalue weighted by atomic mass is 9.62. The predicted molar refractivity (Wildman–Crippen MR) is 98.4 cm³/mol. The lowest BCUT2D eigenvalue weighted by Crippen LogP contribution is -2.39. The summed E-state index contributed by atoms with van der Waals surface area (Å²) in [5, 5.41) is 2.73. The second-order valence-electron chi connectivity index (χ2n) is 8.12. The average molecular weight is 316 g/mol. The third kappa shape index (κ3) is 1.90. The van der Waals surface area contributed by atoms with Crippen LogP contribution >= 0.6 is 0 Å². The number of allylic oxidation sites excluding steroid dienone is 2. The van der Waals surface area contributed by atoms with E-state index in [0.29, 0.717) is 18.1 Å². The minimum absolute atomic E-state index is 0.115. The molecule has 0 radical (unpaired) electrons. The average Bonchev–Trinajstić information content (AvgIpc) is 3.15. The molecule has 3 aliphatic rings. The number of Topliss-reactive ketones (excluding diaryl/α,β-unsaturated/α-hetero) is 1. The lowest BCUT2D eigenvalue weighted by molar-refractivity contribution is -0.120. The van der Waals surface area contributed by atoms with E-state index in [1.807, 2.05) is 0 Å². The Kier molecular flexibility index (Phi) is 3.04. The van der Waals surface area contributed by atoms with Gasteiger partial charge in [0.25, 0.3) is 0 Å². The van der Waals surface area contributed by atoms with Crippen molar-refractivity contribution in [2.75, 3.05) is 0 Å². The van der Waals surface area contributed by atoms with Crippen LogP contribution in [0.5, 0.6) is 0 Å². The number of hydrogen-bond acceptors (Lipinski definition) is 1. The van der Waals surface area contributed by atoms with Crippen LogP contribution in [-0.2, 0) is 23.1 Å². The maximum atomic E-state index is 12.6. The molecule has 0 N–H and O–H groups in total. The SMILES string of the molecule is CCCc1cccc2cc3c(cc12)CC(=O)CC31CC2=CCC1C2. The van der Waals surface area contributed by atoms with Crippen molar-refractivity contribution >= 4 is 16.6 Å². The van der Waals surface area contributed by atoms with Crippen LogP contribution in [0.4, 0.5) is 0 Å². The Morgan fingerprint density at radius 3 is 2.88 bits per heavy atom. The fourth-order valence-corrected chi connectivity index (χ4v) is 5.68. The summed E-state index contributed by atoms with van der Waals surface area (Å²) in [6, 6.07) is 11.5. The number of benzene rings is 2. The fourth-order valence-electron chi connectivity index (χ4n) is 5.68. The molecule has 3 aliphatic carbocycles. The van der Waals surface area contributed by atoms with Crippen LogP contribution in [0.25, 0.3) is 10.8 Å². The topological polar surface area (TPSA) is 17.1 Å². The minimum Gasteiger partial charge on any atom is -0.299 e. The molecule has 0 aromatic heterocycles. The molecule has 0 amide bonds. The number of rotatable bonds is 2. The largest absolute Gasteiger partial charge is 0.299 e. The first-order chi connectivity index (χ1) is 11.7. The molecule has 5 rings (SSSR count). The van der Waals surface area contributed by atoms with Crippen molar-refractivity contribution in [3.8, 4) is 0 Å². The molecule has 0 heterocycles. The normalized spacial score (nSPS) is 27.8. The first kappa shape index (κ1) is 14.5. The monoisotopic (exact) mass is 316 g/mol. The summed E-state index contributed by atoms with van der Waals surface area (Å²) in [5.41, 5.74) is 5.96. The standard InChI is InChI=1S/C23H24O/c1-2-4-16-5-3-6-17-12-22-18(11-21(16)17)10-20(24)14-23(22)13-15-7-8-19(23)9-15/h3,5-7,11-12,19H,2,4,8-10,13-14H2,1H3. The molecule has 2 aromatic rings. The molecule has 1 spiro atoms. The smallest absolute Gasteiger partial charge is 0.138 e. The van der Waals surface area contributed by atoms with Gasteiger partial charge in [0, 0.05) is 18.3 Å². The second kappa shape index (κ2) is 5.05. The van der Waals surface area contributed by atoms with Crippen LogP contribution in [0.2, 0.25) is 0 Å². The first-order valence-corrected chi connectivity index (χ1v) is 9.44. The highest BCUT2D eigenvalue weighted by Gasteiger charge is 2.51. The quantitative estimate of drug-likeness (QED) is 0.688.